The molecule has 0 aliphatic rings. The van der Waals surface area contributed by atoms with Crippen molar-refractivity contribution < 1.29 is 14.6 Å². The Hall–Kier alpha value is -1.42. The topological polar surface area (TPSA) is 41.9 Å². The summed E-state index contributed by atoms with van der Waals surface area (Å²) in [6.45, 7) is 8.36. The van der Waals surface area contributed by atoms with Crippen LogP contribution in [0.1, 0.15) is 32.8 Å². The molecule has 19 heavy (non-hydrogen) atoms. The minimum absolute atomic E-state index is 0.0559. The smallest absolute Gasteiger partial charge is 0.200 e. The van der Waals surface area contributed by atoms with Gasteiger partial charge in [-0.2, -0.15) is 0 Å². The van der Waals surface area contributed by atoms with Gasteiger partial charge in [0.15, 0.2) is 11.5 Å². The molecule has 0 fully saturated rings. The van der Waals surface area contributed by atoms with Crippen LogP contribution in [0.25, 0.3) is 0 Å². The van der Waals surface area contributed by atoms with E-state index in [0.29, 0.717) is 17.5 Å². The summed E-state index contributed by atoms with van der Waals surface area (Å²) >= 11 is 0. The number of benzene rings is 1. The lowest BCUT2D eigenvalue weighted by atomic mass is 10.1. The molecule has 0 amide bonds. The van der Waals surface area contributed by atoms with Crippen LogP contribution in [0.4, 0.5) is 0 Å². The van der Waals surface area contributed by atoms with Gasteiger partial charge in [0.25, 0.3) is 0 Å². The predicted molar refractivity (Wildman–Crippen MR) is 77.0 cm³/mol. The molecular formula is C15H25NO3. The maximum absolute atomic E-state index is 9.90. The molecule has 0 radical (unpaired) electrons. The molecule has 0 bridgehead atoms. The number of hydrogen-bond donors (Lipinski definition) is 1. The molecule has 0 heterocycles. The summed E-state index contributed by atoms with van der Waals surface area (Å²) in [5, 5.41) is 9.90. The summed E-state index contributed by atoms with van der Waals surface area (Å²) in [5.74, 6) is 0.962. The van der Waals surface area contributed by atoms with Crippen LogP contribution in [0.5, 0.6) is 17.2 Å². The van der Waals surface area contributed by atoms with Gasteiger partial charge in [0.05, 0.1) is 14.2 Å². The van der Waals surface area contributed by atoms with Crippen molar-refractivity contribution in [1.29, 1.82) is 0 Å². The second kappa shape index (κ2) is 7.24. The molecule has 0 aliphatic heterocycles. The Morgan fingerprint density at radius 3 is 2.05 bits per heavy atom. The van der Waals surface area contributed by atoms with E-state index in [0.717, 1.165) is 25.1 Å². The molecule has 0 aliphatic carbocycles. The molecule has 0 spiro atoms. The first kappa shape index (κ1) is 15.6. The number of nitrogens with zero attached hydrogens (tertiary/aromatic N) is 1. The molecule has 0 saturated carbocycles. The highest BCUT2D eigenvalue weighted by Gasteiger charge is 2.15. The van der Waals surface area contributed by atoms with E-state index in [1.54, 1.807) is 14.2 Å². The molecule has 4 heteroatoms. The van der Waals surface area contributed by atoms with Crippen LogP contribution in [0, 0.1) is 0 Å². The van der Waals surface area contributed by atoms with Gasteiger partial charge in [0.2, 0.25) is 5.75 Å². The van der Waals surface area contributed by atoms with Crippen molar-refractivity contribution in [1.82, 2.24) is 4.90 Å². The fourth-order valence-corrected chi connectivity index (χ4v) is 2.11. The van der Waals surface area contributed by atoms with Crippen molar-refractivity contribution in [2.75, 3.05) is 20.8 Å². The number of methoxy groups -OCH3 is 2. The molecular weight excluding hydrogens is 242 g/mol. The highest BCUT2D eigenvalue weighted by Crippen LogP contribution is 2.37. The maximum atomic E-state index is 9.90. The third-order valence-corrected chi connectivity index (χ3v) is 3.55. The van der Waals surface area contributed by atoms with Gasteiger partial charge < -0.3 is 14.6 Å². The fraction of sp³-hybridized carbons (Fsp3) is 0.600. The molecule has 1 aromatic rings. The van der Waals surface area contributed by atoms with Crippen molar-refractivity contribution in [3.63, 3.8) is 0 Å². The summed E-state index contributed by atoms with van der Waals surface area (Å²) in [4.78, 5) is 2.38. The normalized spacial score (nSPS) is 12.5. The molecule has 4 nitrogen and oxygen atoms in total. The van der Waals surface area contributed by atoms with Crippen LogP contribution in [0.15, 0.2) is 12.1 Å². The molecule has 1 atom stereocenters. The summed E-state index contributed by atoms with van der Waals surface area (Å²) in [6.07, 6.45) is 1.11. The number of phenols is 1. The largest absolute Gasteiger partial charge is 0.502 e. The third kappa shape index (κ3) is 3.77. The Morgan fingerprint density at radius 2 is 1.68 bits per heavy atom. The first-order chi connectivity index (χ1) is 9.07. The monoisotopic (exact) mass is 267 g/mol. The summed E-state index contributed by atoms with van der Waals surface area (Å²) < 4.78 is 10.4. The van der Waals surface area contributed by atoms with Crippen LogP contribution < -0.4 is 9.47 Å². The lowest BCUT2D eigenvalue weighted by Crippen LogP contribution is -2.31. The van der Waals surface area contributed by atoms with E-state index in [-0.39, 0.29) is 5.75 Å². The zero-order valence-electron chi connectivity index (χ0n) is 12.6. The summed E-state index contributed by atoms with van der Waals surface area (Å²) in [7, 11) is 3.09. The molecule has 0 saturated heterocycles. The van der Waals surface area contributed by atoms with Crippen LogP contribution in [-0.2, 0) is 6.54 Å². The summed E-state index contributed by atoms with van der Waals surface area (Å²) in [5.41, 5.74) is 1.08. The van der Waals surface area contributed by atoms with Gasteiger partial charge in [0, 0.05) is 12.6 Å². The molecule has 1 rings (SSSR count). The minimum Gasteiger partial charge on any atom is -0.502 e. The summed E-state index contributed by atoms with van der Waals surface area (Å²) in [6, 6.07) is 4.25. The van der Waals surface area contributed by atoms with Crippen LogP contribution >= 0.6 is 0 Å². The Bertz CT molecular complexity index is 381. The van der Waals surface area contributed by atoms with E-state index in [1.807, 2.05) is 12.1 Å². The average Bonchev–Trinajstić information content (AvgIpc) is 2.45. The molecule has 0 aromatic heterocycles. The van der Waals surface area contributed by atoms with E-state index in [1.165, 1.54) is 0 Å². The zero-order valence-corrected chi connectivity index (χ0v) is 12.6. The SMILES string of the molecule is CCC(C)N(CC)Cc1cc(OC)c(O)c(OC)c1. The number of phenolic OH excluding ortho intramolecular Hbond substituents is 1. The van der Waals surface area contributed by atoms with Crippen molar-refractivity contribution in [2.45, 2.75) is 39.8 Å². The van der Waals surface area contributed by atoms with Gasteiger partial charge in [-0.05, 0) is 37.6 Å². The van der Waals surface area contributed by atoms with Crippen LogP contribution in [0.2, 0.25) is 0 Å². The van der Waals surface area contributed by atoms with Crippen LogP contribution in [0.3, 0.4) is 0 Å². The van der Waals surface area contributed by atoms with Gasteiger partial charge >= 0.3 is 0 Å². The van der Waals surface area contributed by atoms with E-state index in [2.05, 4.69) is 25.7 Å². The van der Waals surface area contributed by atoms with E-state index >= 15 is 0 Å². The lowest BCUT2D eigenvalue weighted by molar-refractivity contribution is 0.205. The Balaban J connectivity index is 3.00. The Labute approximate surface area is 115 Å². The molecule has 1 unspecified atom stereocenters. The van der Waals surface area contributed by atoms with Gasteiger partial charge in [-0.15, -0.1) is 0 Å². The Morgan fingerprint density at radius 1 is 1.16 bits per heavy atom. The second-order valence-electron chi connectivity index (χ2n) is 4.67. The molecule has 108 valence electrons. The average molecular weight is 267 g/mol. The predicted octanol–water partition coefficient (Wildman–Crippen LogP) is 3.03. The molecule has 1 aromatic carbocycles. The fourth-order valence-electron chi connectivity index (χ4n) is 2.11. The lowest BCUT2D eigenvalue weighted by Gasteiger charge is -2.27. The highest BCUT2D eigenvalue weighted by molar-refractivity contribution is 5.52. The zero-order chi connectivity index (χ0) is 14.4. The minimum atomic E-state index is 0.0559. The van der Waals surface area contributed by atoms with E-state index < -0.39 is 0 Å². The van der Waals surface area contributed by atoms with E-state index in [4.69, 9.17) is 9.47 Å². The molecule has 1 N–H and O–H groups in total. The second-order valence-corrected chi connectivity index (χ2v) is 4.67. The first-order valence-electron chi connectivity index (χ1n) is 6.75. The van der Waals surface area contributed by atoms with Crippen molar-refractivity contribution in [3.8, 4) is 17.2 Å². The quantitative estimate of drug-likeness (QED) is 0.824. The van der Waals surface area contributed by atoms with Crippen LogP contribution in [-0.4, -0.2) is 36.8 Å². The number of hydrogen-bond acceptors (Lipinski definition) is 4. The van der Waals surface area contributed by atoms with Gasteiger partial charge in [-0.3, -0.25) is 4.90 Å². The van der Waals surface area contributed by atoms with Gasteiger partial charge in [0.1, 0.15) is 0 Å². The van der Waals surface area contributed by atoms with Crippen molar-refractivity contribution in [3.05, 3.63) is 17.7 Å². The first-order valence-corrected chi connectivity index (χ1v) is 6.75. The van der Waals surface area contributed by atoms with Crippen molar-refractivity contribution in [2.24, 2.45) is 0 Å². The van der Waals surface area contributed by atoms with Gasteiger partial charge in [-0.1, -0.05) is 13.8 Å². The van der Waals surface area contributed by atoms with Gasteiger partial charge in [-0.25, -0.2) is 0 Å². The number of ether oxygens (including phenoxy) is 2. The van der Waals surface area contributed by atoms with E-state index in [9.17, 15) is 5.11 Å². The third-order valence-electron chi connectivity index (χ3n) is 3.55. The number of rotatable bonds is 7. The van der Waals surface area contributed by atoms with Crippen molar-refractivity contribution >= 4 is 0 Å². The standard InChI is InChI=1S/C15H25NO3/c1-6-11(3)16(7-2)10-12-8-13(18-4)15(17)14(9-12)19-5/h8-9,11,17H,6-7,10H2,1-5H3. The number of aromatic hydroxyl groups is 1. The Kier molecular flexibility index (Phi) is 5.96. The highest BCUT2D eigenvalue weighted by atomic mass is 16.5. The maximum Gasteiger partial charge on any atom is 0.200 e.